The summed E-state index contributed by atoms with van der Waals surface area (Å²) in [6, 6.07) is 6.12. The molecular formula is C14H16N2O4S. The van der Waals surface area contributed by atoms with Crippen LogP contribution in [-0.4, -0.2) is 39.9 Å². The summed E-state index contributed by atoms with van der Waals surface area (Å²) >= 11 is 1.12. The van der Waals surface area contributed by atoms with Crippen LogP contribution >= 0.6 is 11.8 Å². The molecule has 1 saturated heterocycles. The van der Waals surface area contributed by atoms with Gasteiger partial charge >= 0.3 is 5.97 Å². The molecule has 1 heterocycles. The molecular weight excluding hydrogens is 292 g/mol. The number of hydrogen-bond acceptors (Lipinski definition) is 5. The molecule has 7 heteroatoms. The van der Waals surface area contributed by atoms with Crippen LogP contribution in [0.15, 0.2) is 24.3 Å². The Kier molecular flexibility index (Phi) is 4.64. The van der Waals surface area contributed by atoms with E-state index in [4.69, 9.17) is 10.8 Å². The first-order valence-electron chi connectivity index (χ1n) is 6.44. The molecule has 0 aromatic heterocycles. The van der Waals surface area contributed by atoms with Gasteiger partial charge in [0.25, 0.3) is 0 Å². The van der Waals surface area contributed by atoms with Crippen LogP contribution in [0.5, 0.6) is 0 Å². The van der Waals surface area contributed by atoms with Gasteiger partial charge in [-0.2, -0.15) is 0 Å². The first-order valence-corrected chi connectivity index (χ1v) is 7.49. The summed E-state index contributed by atoms with van der Waals surface area (Å²) in [6.45, 7) is 1.83. The minimum Gasteiger partial charge on any atom is -0.480 e. The second-order valence-corrected chi connectivity index (χ2v) is 6.06. The summed E-state index contributed by atoms with van der Waals surface area (Å²) in [5, 5.41) is 8.17. The maximum Gasteiger partial charge on any atom is 0.321 e. The lowest BCUT2D eigenvalue weighted by molar-refractivity contribution is -0.138. The first-order chi connectivity index (χ1) is 9.91. The van der Waals surface area contributed by atoms with Gasteiger partial charge in [-0.1, -0.05) is 18.2 Å². The number of nitrogens with two attached hydrogens (primary N) is 1. The van der Waals surface area contributed by atoms with E-state index in [1.807, 2.05) is 19.1 Å². The number of carbonyl (C=O) groups excluding carboxylic acids is 2. The summed E-state index contributed by atoms with van der Waals surface area (Å²) < 4.78 is 0. The van der Waals surface area contributed by atoms with Crippen LogP contribution < -0.4 is 10.6 Å². The van der Waals surface area contributed by atoms with Gasteiger partial charge in [0.1, 0.15) is 6.04 Å². The van der Waals surface area contributed by atoms with E-state index in [2.05, 4.69) is 0 Å². The quantitative estimate of drug-likeness (QED) is 0.779. The highest BCUT2D eigenvalue weighted by molar-refractivity contribution is 8.00. The van der Waals surface area contributed by atoms with Crippen molar-refractivity contribution in [2.45, 2.75) is 24.6 Å². The molecule has 0 radical (unpaired) electrons. The van der Waals surface area contributed by atoms with Crippen molar-refractivity contribution in [2.24, 2.45) is 5.73 Å². The Hall–Kier alpha value is -1.86. The van der Waals surface area contributed by atoms with Gasteiger partial charge < -0.3 is 10.8 Å². The molecule has 1 aromatic rings. The SMILES string of the molecule is Cc1ccccc1N1C(=O)CC(SCC(N)C(=O)O)C1=O. The normalized spacial score (nSPS) is 19.9. The Balaban J connectivity index is 2.10. The van der Waals surface area contributed by atoms with E-state index in [-0.39, 0.29) is 24.0 Å². The summed E-state index contributed by atoms with van der Waals surface area (Å²) in [5.41, 5.74) is 6.84. The molecule has 1 aliphatic rings. The van der Waals surface area contributed by atoms with Crippen molar-refractivity contribution < 1.29 is 19.5 Å². The second kappa shape index (κ2) is 6.28. The minimum atomic E-state index is -1.12. The topological polar surface area (TPSA) is 101 Å². The standard InChI is InChI=1S/C14H16N2O4S/c1-8-4-2-3-5-10(8)16-12(17)6-11(13(16)18)21-7-9(15)14(19)20/h2-5,9,11H,6-7,15H2,1H3,(H,19,20). The number of carboxylic acids is 1. The maximum atomic E-state index is 12.3. The molecule has 2 amide bonds. The minimum absolute atomic E-state index is 0.0736. The number of rotatable bonds is 5. The van der Waals surface area contributed by atoms with Gasteiger partial charge in [-0.05, 0) is 18.6 Å². The average Bonchev–Trinajstić information content (AvgIpc) is 2.71. The second-order valence-electron chi connectivity index (χ2n) is 4.82. The zero-order chi connectivity index (χ0) is 15.6. The third kappa shape index (κ3) is 3.25. The molecule has 0 spiro atoms. The number of imide groups is 1. The molecule has 112 valence electrons. The lowest BCUT2D eigenvalue weighted by atomic mass is 10.2. The first kappa shape index (κ1) is 15.5. The van der Waals surface area contributed by atoms with Crippen molar-refractivity contribution in [2.75, 3.05) is 10.7 Å². The third-order valence-electron chi connectivity index (χ3n) is 3.26. The van der Waals surface area contributed by atoms with Crippen molar-refractivity contribution in [1.82, 2.24) is 0 Å². The smallest absolute Gasteiger partial charge is 0.321 e. The fourth-order valence-electron chi connectivity index (χ4n) is 2.09. The molecule has 2 atom stereocenters. The molecule has 0 aliphatic carbocycles. The van der Waals surface area contributed by atoms with E-state index in [0.717, 1.165) is 17.3 Å². The molecule has 21 heavy (non-hydrogen) atoms. The molecule has 1 aliphatic heterocycles. The number of aliphatic carboxylic acids is 1. The highest BCUT2D eigenvalue weighted by atomic mass is 32.2. The lowest BCUT2D eigenvalue weighted by Gasteiger charge is -2.17. The number of hydrogen-bond donors (Lipinski definition) is 2. The summed E-state index contributed by atoms with van der Waals surface area (Å²) in [7, 11) is 0. The molecule has 0 bridgehead atoms. The van der Waals surface area contributed by atoms with Crippen molar-refractivity contribution in [1.29, 1.82) is 0 Å². The predicted molar refractivity (Wildman–Crippen MR) is 80.1 cm³/mol. The van der Waals surface area contributed by atoms with E-state index < -0.39 is 17.3 Å². The number of thioether (sulfide) groups is 1. The number of amides is 2. The average molecular weight is 308 g/mol. The Morgan fingerprint density at radius 1 is 1.48 bits per heavy atom. The molecule has 3 N–H and O–H groups in total. The van der Waals surface area contributed by atoms with Crippen molar-refractivity contribution >= 4 is 35.2 Å². The number of aryl methyl sites for hydroxylation is 1. The van der Waals surface area contributed by atoms with Gasteiger partial charge in [0.05, 0.1) is 10.9 Å². The van der Waals surface area contributed by atoms with Gasteiger partial charge in [-0.25, -0.2) is 4.90 Å². The van der Waals surface area contributed by atoms with Gasteiger partial charge in [0.15, 0.2) is 0 Å². The predicted octanol–water partition coefficient (Wildman–Crippen LogP) is 0.772. The number of carbonyl (C=O) groups is 3. The monoisotopic (exact) mass is 308 g/mol. The van der Waals surface area contributed by atoms with Crippen LogP contribution in [0.2, 0.25) is 0 Å². The largest absolute Gasteiger partial charge is 0.480 e. The van der Waals surface area contributed by atoms with Crippen LogP contribution in [-0.2, 0) is 14.4 Å². The van der Waals surface area contributed by atoms with Crippen LogP contribution in [0.3, 0.4) is 0 Å². The van der Waals surface area contributed by atoms with Crippen LogP contribution in [0, 0.1) is 6.92 Å². The van der Waals surface area contributed by atoms with E-state index in [1.54, 1.807) is 12.1 Å². The van der Waals surface area contributed by atoms with Gasteiger partial charge in [0, 0.05) is 12.2 Å². The fourth-order valence-corrected chi connectivity index (χ4v) is 3.18. The lowest BCUT2D eigenvalue weighted by Crippen LogP contribution is -2.35. The number of nitrogens with zero attached hydrogens (tertiary/aromatic N) is 1. The molecule has 2 rings (SSSR count). The Labute approximate surface area is 126 Å². The van der Waals surface area contributed by atoms with E-state index in [9.17, 15) is 14.4 Å². The fraction of sp³-hybridized carbons (Fsp3) is 0.357. The van der Waals surface area contributed by atoms with Crippen molar-refractivity contribution in [3.63, 3.8) is 0 Å². The zero-order valence-corrected chi connectivity index (χ0v) is 12.3. The van der Waals surface area contributed by atoms with Crippen LogP contribution in [0.4, 0.5) is 5.69 Å². The van der Waals surface area contributed by atoms with Crippen molar-refractivity contribution in [3.05, 3.63) is 29.8 Å². The number of anilines is 1. The number of benzene rings is 1. The Morgan fingerprint density at radius 2 is 2.14 bits per heavy atom. The highest BCUT2D eigenvalue weighted by Crippen LogP contribution is 2.31. The molecule has 1 fully saturated rings. The van der Waals surface area contributed by atoms with E-state index in [1.165, 1.54) is 4.90 Å². The zero-order valence-electron chi connectivity index (χ0n) is 11.5. The molecule has 2 unspecified atom stereocenters. The van der Waals surface area contributed by atoms with Gasteiger partial charge in [-0.15, -0.1) is 11.8 Å². The maximum absolute atomic E-state index is 12.3. The van der Waals surface area contributed by atoms with Crippen LogP contribution in [0.25, 0.3) is 0 Å². The van der Waals surface area contributed by atoms with Crippen molar-refractivity contribution in [3.8, 4) is 0 Å². The summed E-state index contributed by atoms with van der Waals surface area (Å²) in [4.78, 5) is 36.3. The van der Waals surface area contributed by atoms with E-state index in [0.29, 0.717) is 5.69 Å². The highest BCUT2D eigenvalue weighted by Gasteiger charge is 2.40. The number of carboxylic acid groups (broad SMARTS) is 1. The number of para-hydroxylation sites is 1. The Bertz CT molecular complexity index is 590. The molecule has 1 aromatic carbocycles. The van der Waals surface area contributed by atoms with Crippen LogP contribution in [0.1, 0.15) is 12.0 Å². The van der Waals surface area contributed by atoms with E-state index >= 15 is 0 Å². The van der Waals surface area contributed by atoms with Gasteiger partial charge in [-0.3, -0.25) is 14.4 Å². The Morgan fingerprint density at radius 3 is 2.76 bits per heavy atom. The summed E-state index contributed by atoms with van der Waals surface area (Å²) in [5.74, 6) is -1.59. The molecule has 6 nitrogen and oxygen atoms in total. The summed E-state index contributed by atoms with van der Waals surface area (Å²) in [6.07, 6.45) is 0.0736. The molecule has 0 saturated carbocycles. The van der Waals surface area contributed by atoms with Gasteiger partial charge in [0.2, 0.25) is 11.8 Å². The third-order valence-corrected chi connectivity index (χ3v) is 4.58.